The first-order valence-corrected chi connectivity index (χ1v) is 5.96. The van der Waals surface area contributed by atoms with Gasteiger partial charge < -0.3 is 0 Å². The highest BCUT2D eigenvalue weighted by Crippen LogP contribution is 2.29. The molecule has 0 saturated heterocycles. The third-order valence-electron chi connectivity index (χ3n) is 1.19. The third kappa shape index (κ3) is 3.23. The zero-order valence-electron chi connectivity index (χ0n) is 6.97. The van der Waals surface area contributed by atoms with E-state index in [2.05, 4.69) is 4.98 Å². The van der Waals surface area contributed by atoms with Crippen LogP contribution in [-0.4, -0.2) is 15.7 Å². The van der Waals surface area contributed by atoms with E-state index in [1.165, 1.54) is 23.1 Å². The molecule has 70 valence electrons. The van der Waals surface area contributed by atoms with E-state index in [-0.39, 0.29) is 5.69 Å². The molecular formula is C7H8N2O2S2. The molecule has 0 N–H and O–H groups in total. The summed E-state index contributed by atoms with van der Waals surface area (Å²) in [7, 11) is 3.18. The van der Waals surface area contributed by atoms with Crippen LogP contribution in [0.5, 0.6) is 0 Å². The monoisotopic (exact) mass is 216 g/mol. The molecule has 6 heteroatoms. The van der Waals surface area contributed by atoms with E-state index in [0.29, 0.717) is 0 Å². The maximum atomic E-state index is 10.3. The summed E-state index contributed by atoms with van der Waals surface area (Å²) in [6, 6.07) is 3.12. The Kier molecular flexibility index (Phi) is 4.04. The lowest BCUT2D eigenvalue weighted by Gasteiger charge is -1.96. The summed E-state index contributed by atoms with van der Waals surface area (Å²) in [6.45, 7) is 2.04. The van der Waals surface area contributed by atoms with Crippen molar-refractivity contribution < 1.29 is 4.92 Å². The van der Waals surface area contributed by atoms with Crippen LogP contribution in [0.2, 0.25) is 0 Å². The molecule has 0 unspecified atom stereocenters. The van der Waals surface area contributed by atoms with Gasteiger partial charge in [-0.2, -0.15) is 0 Å². The van der Waals surface area contributed by atoms with Gasteiger partial charge in [0.15, 0.2) is 0 Å². The molecule has 1 rings (SSSR count). The second-order valence-corrected chi connectivity index (χ2v) is 4.71. The van der Waals surface area contributed by atoms with Gasteiger partial charge in [-0.05, 0) is 16.9 Å². The summed E-state index contributed by atoms with van der Waals surface area (Å²) in [6.07, 6.45) is 1.28. The number of aromatic nitrogens is 1. The van der Waals surface area contributed by atoms with E-state index in [9.17, 15) is 10.1 Å². The highest BCUT2D eigenvalue weighted by Gasteiger charge is 2.04. The predicted molar refractivity (Wildman–Crippen MR) is 54.9 cm³/mol. The van der Waals surface area contributed by atoms with Gasteiger partial charge in [0.25, 0.3) is 5.69 Å². The largest absolute Gasteiger partial charge is 0.287 e. The van der Waals surface area contributed by atoms with Crippen LogP contribution in [0.3, 0.4) is 0 Å². The normalized spacial score (nSPS) is 9.92. The predicted octanol–water partition coefficient (Wildman–Crippen LogP) is 2.75. The smallest absolute Gasteiger partial charge is 0.258 e. The number of pyridine rings is 1. The zero-order chi connectivity index (χ0) is 9.68. The Hall–Kier alpha value is -0.750. The zero-order valence-corrected chi connectivity index (χ0v) is 8.60. The summed E-state index contributed by atoms with van der Waals surface area (Å²) in [5, 5.41) is 11.1. The van der Waals surface area contributed by atoms with Gasteiger partial charge in [0.2, 0.25) is 0 Å². The Labute approximate surface area is 83.7 Å². The van der Waals surface area contributed by atoms with Gasteiger partial charge in [0.1, 0.15) is 11.2 Å². The lowest BCUT2D eigenvalue weighted by Crippen LogP contribution is -1.88. The van der Waals surface area contributed by atoms with Crippen molar-refractivity contribution in [2.45, 2.75) is 11.9 Å². The van der Waals surface area contributed by atoms with E-state index in [1.54, 1.807) is 16.9 Å². The second-order valence-electron chi connectivity index (χ2n) is 2.10. The molecule has 0 aliphatic rings. The van der Waals surface area contributed by atoms with E-state index in [1.807, 2.05) is 6.92 Å². The summed E-state index contributed by atoms with van der Waals surface area (Å²) in [5.74, 6) is 0.989. The van der Waals surface area contributed by atoms with Crippen LogP contribution in [0.15, 0.2) is 23.4 Å². The average molecular weight is 216 g/mol. The number of nitro groups is 1. The van der Waals surface area contributed by atoms with Crippen LogP contribution in [0.4, 0.5) is 5.69 Å². The third-order valence-corrected chi connectivity index (χ3v) is 3.53. The van der Waals surface area contributed by atoms with Gasteiger partial charge in [0, 0.05) is 11.8 Å². The van der Waals surface area contributed by atoms with Crippen molar-refractivity contribution in [1.29, 1.82) is 0 Å². The van der Waals surface area contributed by atoms with Crippen molar-refractivity contribution in [3.63, 3.8) is 0 Å². The average Bonchev–Trinajstić information content (AvgIpc) is 2.15. The van der Waals surface area contributed by atoms with Crippen molar-refractivity contribution in [1.82, 2.24) is 4.98 Å². The van der Waals surface area contributed by atoms with Crippen LogP contribution in [0.25, 0.3) is 0 Å². The molecule has 0 bridgehead atoms. The van der Waals surface area contributed by atoms with E-state index in [4.69, 9.17) is 0 Å². The highest BCUT2D eigenvalue weighted by atomic mass is 33.1. The van der Waals surface area contributed by atoms with E-state index >= 15 is 0 Å². The number of hydrogen-bond acceptors (Lipinski definition) is 5. The van der Waals surface area contributed by atoms with Gasteiger partial charge in [-0.3, -0.25) is 10.1 Å². The minimum Gasteiger partial charge on any atom is -0.258 e. The van der Waals surface area contributed by atoms with Crippen LogP contribution in [0, 0.1) is 10.1 Å². The first-order valence-electron chi connectivity index (χ1n) is 3.64. The molecular weight excluding hydrogens is 208 g/mol. The van der Waals surface area contributed by atoms with Gasteiger partial charge in [0.05, 0.1) is 4.92 Å². The fourth-order valence-electron chi connectivity index (χ4n) is 0.649. The molecule has 1 heterocycles. The Morgan fingerprint density at radius 1 is 1.62 bits per heavy atom. The molecule has 1 aromatic heterocycles. The number of rotatable bonds is 4. The topological polar surface area (TPSA) is 56.0 Å². The standard InChI is InChI=1S/C7H8N2O2S2/c1-2-12-13-7-4-3-6(5-8-7)9(10)11/h3-5H,2H2,1H3. The number of nitrogens with zero attached hydrogens (tertiary/aromatic N) is 2. The number of hydrogen-bond donors (Lipinski definition) is 0. The molecule has 0 aliphatic carbocycles. The van der Waals surface area contributed by atoms with E-state index in [0.717, 1.165) is 10.8 Å². The second kappa shape index (κ2) is 5.08. The van der Waals surface area contributed by atoms with Crippen molar-refractivity contribution in [2.75, 3.05) is 5.75 Å². The molecule has 0 fully saturated rings. The molecule has 0 aromatic carbocycles. The molecule has 13 heavy (non-hydrogen) atoms. The SMILES string of the molecule is CCSSc1ccc([N+](=O)[O-])cn1. The summed E-state index contributed by atoms with van der Waals surface area (Å²) in [4.78, 5) is 13.8. The minimum absolute atomic E-state index is 0.0332. The minimum atomic E-state index is -0.450. The quantitative estimate of drug-likeness (QED) is 0.440. The highest BCUT2D eigenvalue weighted by molar-refractivity contribution is 8.76. The maximum absolute atomic E-state index is 10.3. The van der Waals surface area contributed by atoms with Gasteiger partial charge in [-0.15, -0.1) is 0 Å². The van der Waals surface area contributed by atoms with Crippen LogP contribution in [0.1, 0.15) is 6.92 Å². The molecule has 0 atom stereocenters. The molecule has 0 saturated carbocycles. The molecule has 4 nitrogen and oxygen atoms in total. The van der Waals surface area contributed by atoms with Crippen LogP contribution in [-0.2, 0) is 0 Å². The van der Waals surface area contributed by atoms with Crippen LogP contribution < -0.4 is 0 Å². The fourth-order valence-corrected chi connectivity index (χ4v) is 2.12. The molecule has 0 radical (unpaired) electrons. The molecule has 0 amide bonds. The summed E-state index contributed by atoms with van der Waals surface area (Å²) in [5.41, 5.74) is 0.0332. The Morgan fingerprint density at radius 2 is 2.38 bits per heavy atom. The first kappa shape index (κ1) is 10.3. The maximum Gasteiger partial charge on any atom is 0.287 e. The van der Waals surface area contributed by atoms with Crippen LogP contribution >= 0.6 is 21.6 Å². The van der Waals surface area contributed by atoms with Gasteiger partial charge in [-0.1, -0.05) is 17.7 Å². The summed E-state index contributed by atoms with van der Waals surface area (Å²) < 4.78 is 0. The van der Waals surface area contributed by atoms with Crippen molar-refractivity contribution >= 4 is 27.3 Å². The Morgan fingerprint density at radius 3 is 2.85 bits per heavy atom. The lowest BCUT2D eigenvalue weighted by molar-refractivity contribution is -0.385. The fraction of sp³-hybridized carbons (Fsp3) is 0.286. The molecule has 1 aromatic rings. The van der Waals surface area contributed by atoms with Crippen molar-refractivity contribution in [3.05, 3.63) is 28.4 Å². The Bertz CT molecular complexity index is 289. The molecule has 0 spiro atoms. The van der Waals surface area contributed by atoms with Gasteiger partial charge in [-0.25, -0.2) is 4.98 Å². The summed E-state index contributed by atoms with van der Waals surface area (Å²) >= 11 is 0. The van der Waals surface area contributed by atoms with Crippen molar-refractivity contribution in [3.8, 4) is 0 Å². The van der Waals surface area contributed by atoms with Gasteiger partial charge >= 0.3 is 0 Å². The molecule has 0 aliphatic heterocycles. The first-order chi connectivity index (χ1) is 6.24. The van der Waals surface area contributed by atoms with E-state index < -0.39 is 4.92 Å². The van der Waals surface area contributed by atoms with Crippen molar-refractivity contribution in [2.24, 2.45) is 0 Å². The Balaban J connectivity index is 2.64. The lowest BCUT2D eigenvalue weighted by atomic mass is 10.4.